The van der Waals surface area contributed by atoms with Gasteiger partial charge in [-0.1, -0.05) is 6.92 Å². The van der Waals surface area contributed by atoms with Gasteiger partial charge in [0.2, 0.25) is 0 Å². The first-order valence-electron chi connectivity index (χ1n) is 5.63. The lowest BCUT2D eigenvalue weighted by atomic mass is 10.1. The van der Waals surface area contributed by atoms with Gasteiger partial charge in [-0.15, -0.1) is 0 Å². The fourth-order valence-corrected chi connectivity index (χ4v) is 2.35. The summed E-state index contributed by atoms with van der Waals surface area (Å²) < 4.78 is 18.1. The second-order valence-corrected chi connectivity index (χ2v) is 5.10. The van der Waals surface area contributed by atoms with Gasteiger partial charge in [0, 0.05) is 6.61 Å². The minimum atomic E-state index is -0.451. The highest BCUT2D eigenvalue weighted by Gasteiger charge is 2.13. The van der Waals surface area contributed by atoms with E-state index < -0.39 is 5.82 Å². The van der Waals surface area contributed by atoms with Crippen LogP contribution in [0.5, 0.6) is 5.75 Å². The standard InChI is InChI=1S/C13H17FO3S/c1-9(6-15)7-18-8-12(16)11-5-10(14)3-4-13(11)17-2/h3-5,9,15H,6-8H2,1-2H3. The monoisotopic (exact) mass is 272 g/mol. The molecule has 0 aliphatic carbocycles. The molecule has 1 rings (SSSR count). The summed E-state index contributed by atoms with van der Waals surface area (Å²) >= 11 is 1.43. The van der Waals surface area contributed by atoms with Crippen LogP contribution in [0.25, 0.3) is 0 Å². The fourth-order valence-electron chi connectivity index (χ4n) is 1.38. The van der Waals surface area contributed by atoms with Crippen molar-refractivity contribution in [1.82, 2.24) is 0 Å². The van der Waals surface area contributed by atoms with Gasteiger partial charge < -0.3 is 9.84 Å². The lowest BCUT2D eigenvalue weighted by Crippen LogP contribution is -2.09. The van der Waals surface area contributed by atoms with E-state index in [2.05, 4.69) is 0 Å². The number of thioether (sulfide) groups is 1. The molecule has 18 heavy (non-hydrogen) atoms. The smallest absolute Gasteiger partial charge is 0.176 e. The molecule has 0 aromatic heterocycles. The molecule has 0 spiro atoms. The second kappa shape index (κ2) is 7.38. The number of ether oxygens (including phenoxy) is 1. The molecular formula is C13H17FO3S. The van der Waals surface area contributed by atoms with Gasteiger partial charge in [0.1, 0.15) is 11.6 Å². The van der Waals surface area contributed by atoms with E-state index in [1.54, 1.807) is 0 Å². The zero-order chi connectivity index (χ0) is 13.5. The van der Waals surface area contributed by atoms with Crippen LogP contribution in [0.4, 0.5) is 4.39 Å². The van der Waals surface area contributed by atoms with E-state index in [1.165, 1.54) is 37.1 Å². The first-order chi connectivity index (χ1) is 8.58. The van der Waals surface area contributed by atoms with Gasteiger partial charge in [0.05, 0.1) is 18.4 Å². The van der Waals surface area contributed by atoms with Gasteiger partial charge in [-0.2, -0.15) is 11.8 Å². The van der Waals surface area contributed by atoms with Crippen molar-refractivity contribution in [2.75, 3.05) is 25.2 Å². The molecule has 0 saturated heterocycles. The molecule has 0 fully saturated rings. The number of methoxy groups -OCH3 is 1. The number of halogens is 1. The third-order valence-electron chi connectivity index (χ3n) is 2.41. The molecule has 5 heteroatoms. The number of aliphatic hydroxyl groups is 1. The summed E-state index contributed by atoms with van der Waals surface area (Å²) in [5.74, 6) is 0.869. The molecule has 0 amide bonds. The molecule has 1 N–H and O–H groups in total. The molecule has 0 aliphatic rings. The van der Waals surface area contributed by atoms with E-state index in [9.17, 15) is 9.18 Å². The summed E-state index contributed by atoms with van der Waals surface area (Å²) in [5.41, 5.74) is 0.265. The van der Waals surface area contributed by atoms with E-state index >= 15 is 0 Å². The Morgan fingerprint density at radius 3 is 2.89 bits per heavy atom. The Balaban J connectivity index is 2.63. The SMILES string of the molecule is COc1ccc(F)cc1C(=O)CSCC(C)CO. The molecule has 0 bridgehead atoms. The van der Waals surface area contributed by atoms with Crippen LogP contribution in [0.15, 0.2) is 18.2 Å². The lowest BCUT2D eigenvalue weighted by molar-refractivity contribution is 0.101. The normalized spacial score (nSPS) is 12.2. The largest absolute Gasteiger partial charge is 0.496 e. The number of hydrogen-bond donors (Lipinski definition) is 1. The van der Waals surface area contributed by atoms with Crippen molar-refractivity contribution in [3.05, 3.63) is 29.6 Å². The Labute approximate surface area is 110 Å². The van der Waals surface area contributed by atoms with Crippen molar-refractivity contribution in [2.24, 2.45) is 5.92 Å². The van der Waals surface area contributed by atoms with Crippen molar-refractivity contribution >= 4 is 17.5 Å². The average molecular weight is 272 g/mol. The van der Waals surface area contributed by atoms with Crippen LogP contribution in [0.3, 0.4) is 0 Å². The fraction of sp³-hybridized carbons (Fsp3) is 0.462. The molecular weight excluding hydrogens is 255 g/mol. The first-order valence-corrected chi connectivity index (χ1v) is 6.79. The predicted octanol–water partition coefficient (Wildman–Crippen LogP) is 2.38. The average Bonchev–Trinajstić information content (AvgIpc) is 2.38. The number of Topliss-reactive ketones (excluding diaryl/α,β-unsaturated/α-hetero) is 1. The molecule has 1 unspecified atom stereocenters. The molecule has 100 valence electrons. The van der Waals surface area contributed by atoms with Crippen molar-refractivity contribution in [3.8, 4) is 5.75 Å². The maximum atomic E-state index is 13.1. The van der Waals surface area contributed by atoms with E-state index in [4.69, 9.17) is 9.84 Å². The van der Waals surface area contributed by atoms with Gasteiger partial charge in [-0.05, 0) is 29.9 Å². The van der Waals surface area contributed by atoms with E-state index in [1.807, 2.05) is 6.92 Å². The first kappa shape index (κ1) is 15.0. The number of aliphatic hydroxyl groups excluding tert-OH is 1. The third kappa shape index (κ3) is 4.31. The Bertz CT molecular complexity index is 409. The summed E-state index contributed by atoms with van der Waals surface area (Å²) in [5, 5.41) is 8.87. The zero-order valence-corrected chi connectivity index (χ0v) is 11.3. The number of carbonyl (C=O) groups is 1. The third-order valence-corrected chi connectivity index (χ3v) is 3.68. The summed E-state index contributed by atoms with van der Waals surface area (Å²) in [6, 6.07) is 3.90. The van der Waals surface area contributed by atoms with Crippen molar-refractivity contribution in [1.29, 1.82) is 0 Å². The minimum absolute atomic E-state index is 0.102. The molecule has 1 aromatic rings. The topological polar surface area (TPSA) is 46.5 Å². The van der Waals surface area contributed by atoms with Gasteiger partial charge >= 0.3 is 0 Å². The Morgan fingerprint density at radius 2 is 2.28 bits per heavy atom. The number of hydrogen-bond acceptors (Lipinski definition) is 4. The highest BCUT2D eigenvalue weighted by molar-refractivity contribution is 7.99. The number of ketones is 1. The van der Waals surface area contributed by atoms with Crippen LogP contribution < -0.4 is 4.74 Å². The summed E-state index contributed by atoms with van der Waals surface area (Å²) in [7, 11) is 1.45. The van der Waals surface area contributed by atoms with E-state index in [0.717, 1.165) is 0 Å². The maximum absolute atomic E-state index is 13.1. The zero-order valence-electron chi connectivity index (χ0n) is 10.5. The van der Waals surface area contributed by atoms with Crippen LogP contribution in [-0.2, 0) is 0 Å². The molecule has 3 nitrogen and oxygen atoms in total. The summed E-state index contributed by atoms with van der Waals surface area (Å²) in [4.78, 5) is 11.9. The number of carbonyl (C=O) groups excluding carboxylic acids is 1. The van der Waals surface area contributed by atoms with Crippen molar-refractivity contribution < 1.29 is 19.0 Å². The predicted molar refractivity (Wildman–Crippen MR) is 70.9 cm³/mol. The second-order valence-electron chi connectivity index (χ2n) is 4.07. The maximum Gasteiger partial charge on any atom is 0.176 e. The number of rotatable bonds is 7. The molecule has 0 aliphatic heterocycles. The lowest BCUT2D eigenvalue weighted by Gasteiger charge is -2.09. The Kier molecular flexibility index (Phi) is 6.15. The van der Waals surface area contributed by atoms with E-state index in [-0.39, 0.29) is 29.6 Å². The van der Waals surface area contributed by atoms with Gasteiger partial charge in [0.25, 0.3) is 0 Å². The van der Waals surface area contributed by atoms with Gasteiger partial charge in [-0.3, -0.25) is 4.79 Å². The Hall–Kier alpha value is -1.07. The van der Waals surface area contributed by atoms with Crippen molar-refractivity contribution in [2.45, 2.75) is 6.92 Å². The highest BCUT2D eigenvalue weighted by atomic mass is 32.2. The van der Waals surface area contributed by atoms with Crippen LogP contribution in [0, 0.1) is 11.7 Å². The van der Waals surface area contributed by atoms with E-state index in [0.29, 0.717) is 11.5 Å². The minimum Gasteiger partial charge on any atom is -0.496 e. The number of benzene rings is 1. The molecule has 1 aromatic carbocycles. The quantitative estimate of drug-likeness (QED) is 0.774. The van der Waals surface area contributed by atoms with Crippen LogP contribution in [0.1, 0.15) is 17.3 Å². The van der Waals surface area contributed by atoms with Gasteiger partial charge in [-0.25, -0.2) is 4.39 Å². The van der Waals surface area contributed by atoms with Crippen LogP contribution >= 0.6 is 11.8 Å². The molecule has 0 heterocycles. The van der Waals surface area contributed by atoms with Gasteiger partial charge in [0.15, 0.2) is 5.78 Å². The van der Waals surface area contributed by atoms with Crippen LogP contribution in [-0.4, -0.2) is 36.1 Å². The molecule has 0 radical (unpaired) electrons. The summed E-state index contributed by atoms with van der Waals surface area (Å²) in [6.07, 6.45) is 0. The van der Waals surface area contributed by atoms with Crippen LogP contribution in [0.2, 0.25) is 0 Å². The Morgan fingerprint density at radius 1 is 1.56 bits per heavy atom. The molecule has 0 saturated carbocycles. The molecule has 1 atom stereocenters. The summed E-state index contributed by atoms with van der Waals surface area (Å²) in [6.45, 7) is 2.00. The highest BCUT2D eigenvalue weighted by Crippen LogP contribution is 2.21. The van der Waals surface area contributed by atoms with Crippen molar-refractivity contribution in [3.63, 3.8) is 0 Å².